The number of anilines is 5. The van der Waals surface area contributed by atoms with Gasteiger partial charge in [0.05, 0.1) is 46.9 Å². The molecule has 15 aromatic rings. The minimum Gasteiger partial charge on any atom is -0.361 e. The van der Waals surface area contributed by atoms with E-state index in [0.717, 1.165) is 111 Å². The Hall–Kier alpha value is -15.6. The minimum atomic E-state index is 0.290. The molecule has 26 rings (SSSR count). The van der Waals surface area contributed by atoms with E-state index in [0.29, 0.717) is 71.8 Å². The van der Waals surface area contributed by atoms with Crippen molar-refractivity contribution in [2.45, 2.75) is 99.5 Å². The van der Waals surface area contributed by atoms with E-state index in [1.54, 1.807) is 11.1 Å². The third-order valence-corrected chi connectivity index (χ3v) is 30.6. The fraction of sp³-hybridized carbons (Fsp3) is 0.156. The highest BCUT2D eigenvalue weighted by atomic mass is 15.2. The van der Waals surface area contributed by atoms with Gasteiger partial charge >= 0.3 is 0 Å². The van der Waals surface area contributed by atoms with Gasteiger partial charge in [0, 0.05) is 103 Å². The Bertz CT molecular complexity index is 7340. The first-order valence-electron chi connectivity index (χ1n) is 49.0. The molecule has 12 unspecified atom stereocenters. The maximum Gasteiger partial charge on any atom is 0.160 e. The SMILES string of the molecule is C1=CC2c3cc(C4=CC5C6CC=CCC6N(c6ccc(-c7cccc(-c8cccc(-c9cc(-c%10ccccc%10)nc(-c%10ccccc%10)n9)c8)c7)cc6)C5C=C4)ccc3N(c3ccccc3)C2C=C1.C1=CCCC(N2C3CC=C(C4CCC5C(C4)c4ccccc4N5c4cccc(-c5cccc(-c6cccc(-c7cc(-c8ccccc8)nc(-c8ccccc8)n7)c6)c5)c4)C=C3C3C=CC=CC32)=C1. The van der Waals surface area contributed by atoms with Crippen molar-refractivity contribution in [1.29, 1.82) is 0 Å². The van der Waals surface area contributed by atoms with Gasteiger partial charge in [0.15, 0.2) is 11.6 Å². The third-order valence-electron chi connectivity index (χ3n) is 30.6. The van der Waals surface area contributed by atoms with E-state index in [4.69, 9.17) is 19.9 Å². The highest BCUT2D eigenvalue weighted by Crippen LogP contribution is 2.57. The van der Waals surface area contributed by atoms with Gasteiger partial charge in [-0.05, 0) is 238 Å². The molecule has 8 nitrogen and oxygen atoms in total. The molecular weight excluding hydrogens is 1650 g/mol. The molecule has 4 aliphatic heterocycles. The predicted molar refractivity (Wildman–Crippen MR) is 562 cm³/mol. The van der Waals surface area contributed by atoms with Gasteiger partial charge in [-0.3, -0.25) is 0 Å². The molecule has 8 heteroatoms. The molecule has 0 amide bonds. The van der Waals surface area contributed by atoms with E-state index in [1.807, 2.05) is 48.5 Å². The molecule has 1 saturated carbocycles. The van der Waals surface area contributed by atoms with E-state index in [-0.39, 0.29) is 0 Å². The van der Waals surface area contributed by atoms with Crippen LogP contribution in [-0.4, -0.2) is 61.1 Å². The first kappa shape index (κ1) is 82.3. The average Bonchev–Trinajstić information content (AvgIpc) is 1.57. The van der Waals surface area contributed by atoms with Gasteiger partial charge in [-0.25, -0.2) is 19.9 Å². The van der Waals surface area contributed by atoms with E-state index >= 15 is 0 Å². The molecule has 0 radical (unpaired) electrons. The molecule has 0 bridgehead atoms. The molecule has 7 aliphatic carbocycles. The van der Waals surface area contributed by atoms with Gasteiger partial charge < -0.3 is 19.6 Å². The van der Waals surface area contributed by atoms with Crippen LogP contribution in [0.5, 0.6) is 0 Å². The van der Waals surface area contributed by atoms with Crippen LogP contribution in [0.3, 0.4) is 0 Å². The summed E-state index contributed by atoms with van der Waals surface area (Å²) in [4.78, 5) is 31.0. The lowest BCUT2D eigenvalue weighted by Gasteiger charge is -2.39. The summed E-state index contributed by atoms with van der Waals surface area (Å²) in [6.45, 7) is 0. The number of para-hydroxylation sites is 2. The Morgan fingerprint density at radius 3 is 1.45 bits per heavy atom. The summed E-state index contributed by atoms with van der Waals surface area (Å²) in [7, 11) is 0. The normalized spacial score (nSPS) is 22.5. The molecule has 2 aromatic heterocycles. The van der Waals surface area contributed by atoms with Crippen LogP contribution in [-0.2, 0) is 0 Å². The van der Waals surface area contributed by atoms with E-state index in [2.05, 4.69) is 432 Å². The molecule has 0 spiro atoms. The first-order valence-corrected chi connectivity index (χ1v) is 49.0. The van der Waals surface area contributed by atoms with Crippen molar-refractivity contribution in [2.75, 3.05) is 14.7 Å². The largest absolute Gasteiger partial charge is 0.361 e. The molecule has 3 fully saturated rings. The van der Waals surface area contributed by atoms with Gasteiger partial charge in [0.25, 0.3) is 0 Å². The van der Waals surface area contributed by atoms with Crippen molar-refractivity contribution in [3.05, 3.63) is 495 Å². The van der Waals surface area contributed by atoms with Gasteiger partial charge in [0.1, 0.15) is 0 Å². The van der Waals surface area contributed by atoms with Gasteiger partial charge in [0.2, 0.25) is 0 Å². The minimum absolute atomic E-state index is 0.290. The molecule has 0 N–H and O–H groups in total. The zero-order valence-corrected chi connectivity index (χ0v) is 76.0. The average molecular weight is 1750 g/mol. The first-order chi connectivity index (χ1) is 67.4. The summed E-state index contributed by atoms with van der Waals surface area (Å²) in [6, 6.07) is 129. The molecule has 656 valence electrons. The highest BCUT2D eigenvalue weighted by Gasteiger charge is 2.50. The van der Waals surface area contributed by atoms with Crippen LogP contribution in [0.2, 0.25) is 0 Å². The molecule has 13 aromatic carbocycles. The number of nitrogens with zero attached hydrogens (tertiary/aromatic N) is 8. The fourth-order valence-corrected chi connectivity index (χ4v) is 24.2. The quantitative estimate of drug-likeness (QED) is 0.0887. The van der Waals surface area contributed by atoms with E-state index in [9.17, 15) is 0 Å². The van der Waals surface area contributed by atoms with Crippen molar-refractivity contribution in [3.63, 3.8) is 0 Å². The lowest BCUT2D eigenvalue weighted by molar-refractivity contribution is 0.270. The second-order valence-corrected chi connectivity index (χ2v) is 38.2. The van der Waals surface area contributed by atoms with Crippen molar-refractivity contribution in [3.8, 4) is 112 Å². The van der Waals surface area contributed by atoms with Crippen molar-refractivity contribution < 1.29 is 0 Å². The summed E-state index contributed by atoms with van der Waals surface area (Å²) < 4.78 is 0. The predicted octanol–water partition coefficient (Wildman–Crippen LogP) is 30.8. The Kier molecular flexibility index (Phi) is 21.6. The Morgan fingerprint density at radius 2 is 0.824 bits per heavy atom. The molecule has 12 atom stereocenters. The maximum atomic E-state index is 5.13. The third kappa shape index (κ3) is 15.5. The number of likely N-dealkylation sites (tertiary alicyclic amines) is 1. The number of hydrogen-bond acceptors (Lipinski definition) is 8. The van der Waals surface area contributed by atoms with Crippen molar-refractivity contribution in [1.82, 2.24) is 24.8 Å². The molecule has 136 heavy (non-hydrogen) atoms. The van der Waals surface area contributed by atoms with Crippen molar-refractivity contribution in [2.24, 2.45) is 23.7 Å². The summed E-state index contributed by atoms with van der Waals surface area (Å²) in [5.41, 5.74) is 36.2. The smallest absolute Gasteiger partial charge is 0.160 e. The molecule has 11 aliphatic rings. The van der Waals surface area contributed by atoms with Gasteiger partial charge in [-0.2, -0.15) is 0 Å². The number of aromatic nitrogens is 4. The van der Waals surface area contributed by atoms with E-state index < -0.39 is 0 Å². The van der Waals surface area contributed by atoms with Crippen LogP contribution >= 0.6 is 0 Å². The van der Waals surface area contributed by atoms with Crippen LogP contribution in [0.25, 0.3) is 118 Å². The number of rotatable bonds is 16. The summed E-state index contributed by atoms with van der Waals surface area (Å²) in [5.74, 6) is 4.31. The second kappa shape index (κ2) is 35.7. The summed E-state index contributed by atoms with van der Waals surface area (Å²) in [6.07, 6.45) is 52.4. The van der Waals surface area contributed by atoms with Crippen LogP contribution in [0.15, 0.2) is 478 Å². The van der Waals surface area contributed by atoms with E-state index in [1.165, 1.54) is 109 Å². The van der Waals surface area contributed by atoms with Crippen LogP contribution < -0.4 is 14.7 Å². The Labute approximate surface area is 798 Å². The zero-order valence-electron chi connectivity index (χ0n) is 76.0. The lowest BCUT2D eigenvalue weighted by atomic mass is 9.71. The number of hydrogen-bond donors (Lipinski definition) is 0. The Morgan fingerprint density at radius 1 is 0.316 bits per heavy atom. The van der Waals surface area contributed by atoms with Gasteiger partial charge in [-0.15, -0.1) is 0 Å². The van der Waals surface area contributed by atoms with Gasteiger partial charge in [-0.1, -0.05) is 364 Å². The summed E-state index contributed by atoms with van der Waals surface area (Å²) >= 11 is 0. The van der Waals surface area contributed by atoms with Crippen LogP contribution in [0.4, 0.5) is 28.4 Å². The summed E-state index contributed by atoms with van der Waals surface area (Å²) in [5, 5.41) is 0. The highest BCUT2D eigenvalue weighted by molar-refractivity contribution is 5.86. The number of allylic oxidation sites excluding steroid dienone is 13. The standard InChI is InChI=1S/C64H54N4.C64H50N4/c1-4-17-43(18-5-1)58-42-59(66-64(65-58)44-19-6-2-7-20-44)51-25-15-23-47(38-51)45-21-14-22-46(37-45)48-24-16-28-53(39-48)68-61-32-13-11-30-55(61)57-41-50(34-36-63(57)68)49-33-35-62-56(40-49)54-29-10-12-31-60(54)67(62)52-26-8-3-9-27-52;1-4-16-44(17-5-1)58-42-59(66-64(65-58)45-18-6-2-7-19-45)51-23-15-22-48(39-51)47-21-14-20-46(38-47)43-30-34-53(35-31-43)68-61-29-13-11-27-55(61)57-41-50(33-37-63(57)68)49-32-36-62-56(40-49)54-26-10-12-28-60(54)67(62)52-24-8-3-9-25-52/h1-8,10-26,28-33,37-40,42,50,54,57,60,62-63H,9,27,34-36,41H2;1-26,28,30-42,54-55,57,60-61,63H,27,29H2. The number of fused-ring (bicyclic) bond motifs is 12. The van der Waals surface area contributed by atoms with Crippen LogP contribution in [0.1, 0.15) is 79.9 Å². The zero-order chi connectivity index (χ0) is 89.9. The lowest BCUT2D eigenvalue weighted by Crippen LogP contribution is -2.38. The maximum absolute atomic E-state index is 5.13. The molecule has 6 heterocycles. The Balaban J connectivity index is 0.000000145. The monoisotopic (exact) mass is 1750 g/mol. The second-order valence-electron chi connectivity index (χ2n) is 38.2. The fourth-order valence-electron chi connectivity index (χ4n) is 24.2. The topological polar surface area (TPSA) is 64.5 Å². The molecule has 2 saturated heterocycles. The van der Waals surface area contributed by atoms with Crippen molar-refractivity contribution >= 4 is 34.0 Å². The number of benzene rings is 13. The molecular formula is C128H104N8. The van der Waals surface area contributed by atoms with Crippen LogP contribution in [0, 0.1) is 23.7 Å².